The highest BCUT2D eigenvalue weighted by Gasteiger charge is 2.20. The van der Waals surface area contributed by atoms with E-state index in [-0.39, 0.29) is 6.61 Å². The zero-order chi connectivity index (χ0) is 10.6. The largest absolute Gasteiger partial charge is 0.391 e. The Balaban J connectivity index is 2.72. The van der Waals surface area contributed by atoms with Crippen molar-refractivity contribution in [2.75, 3.05) is 13.6 Å². The minimum atomic E-state index is -0.934. The normalized spacial score (nSPS) is 15.4. The van der Waals surface area contributed by atoms with E-state index in [1.807, 2.05) is 0 Å². The number of aliphatic hydroxyl groups excluding tert-OH is 3. The number of aliphatic hydroxyl groups is 3. The lowest BCUT2D eigenvalue weighted by atomic mass is 10.1. The first-order chi connectivity index (χ1) is 6.70. The lowest BCUT2D eigenvalue weighted by Crippen LogP contribution is -2.29. The van der Waals surface area contributed by atoms with Gasteiger partial charge in [-0.1, -0.05) is 0 Å². The van der Waals surface area contributed by atoms with Crippen molar-refractivity contribution in [1.29, 1.82) is 0 Å². The van der Waals surface area contributed by atoms with Gasteiger partial charge in [-0.2, -0.15) is 0 Å². The summed E-state index contributed by atoms with van der Waals surface area (Å²) in [7, 11) is 1.70. The van der Waals surface area contributed by atoms with Crippen molar-refractivity contribution < 1.29 is 15.3 Å². The first-order valence-electron chi connectivity index (χ1n) is 4.38. The molecule has 0 aliphatic heterocycles. The van der Waals surface area contributed by atoms with Crippen LogP contribution in [0.2, 0.25) is 0 Å². The van der Waals surface area contributed by atoms with Gasteiger partial charge >= 0.3 is 0 Å². The number of likely N-dealkylation sites (N-methyl/N-ethyl adjacent to an activating group) is 1. The Morgan fingerprint density at radius 2 is 2.21 bits per heavy atom. The molecule has 0 aliphatic rings. The van der Waals surface area contributed by atoms with Crippen LogP contribution in [-0.4, -0.2) is 35.0 Å². The van der Waals surface area contributed by atoms with E-state index in [4.69, 9.17) is 5.11 Å². The predicted octanol–water partition coefficient (Wildman–Crippen LogP) is -0.146. The van der Waals surface area contributed by atoms with Crippen molar-refractivity contribution in [2.24, 2.45) is 0 Å². The van der Waals surface area contributed by atoms with Gasteiger partial charge in [-0.3, -0.25) is 0 Å². The zero-order valence-electron chi connectivity index (χ0n) is 7.97. The maximum Gasteiger partial charge on any atom is 0.107 e. The van der Waals surface area contributed by atoms with Crippen molar-refractivity contribution in [3.05, 3.63) is 21.9 Å². The van der Waals surface area contributed by atoms with Crippen molar-refractivity contribution >= 4 is 11.3 Å². The zero-order valence-corrected chi connectivity index (χ0v) is 8.79. The van der Waals surface area contributed by atoms with Gasteiger partial charge in [-0.05, 0) is 24.1 Å². The second-order valence-corrected chi connectivity index (χ2v) is 4.03. The average Bonchev–Trinajstić information content (AvgIpc) is 2.64. The molecule has 0 amide bonds. The molecule has 0 aliphatic carbocycles. The molecule has 5 heteroatoms. The Kier molecular flexibility index (Phi) is 4.50. The van der Waals surface area contributed by atoms with Crippen molar-refractivity contribution in [1.82, 2.24) is 5.32 Å². The van der Waals surface area contributed by atoms with Crippen LogP contribution < -0.4 is 5.32 Å². The first-order valence-corrected chi connectivity index (χ1v) is 5.26. The standard InChI is InChI=1S/C9H15NO3S/c1-10-4-7(12)9(13)6-2-3-14-8(6)5-11/h2-3,7,9-13H,4-5H2,1H3. The SMILES string of the molecule is CNCC(O)C(O)c1ccsc1CO. The van der Waals surface area contributed by atoms with Crippen LogP contribution in [0.15, 0.2) is 11.4 Å². The second-order valence-electron chi connectivity index (χ2n) is 3.03. The molecule has 14 heavy (non-hydrogen) atoms. The smallest absolute Gasteiger partial charge is 0.107 e. The molecule has 4 N–H and O–H groups in total. The van der Waals surface area contributed by atoms with Crippen molar-refractivity contribution in [2.45, 2.75) is 18.8 Å². The third-order valence-corrected chi connectivity index (χ3v) is 2.94. The molecule has 2 unspecified atom stereocenters. The van der Waals surface area contributed by atoms with Crippen molar-refractivity contribution in [3.8, 4) is 0 Å². The van der Waals surface area contributed by atoms with E-state index in [9.17, 15) is 10.2 Å². The van der Waals surface area contributed by atoms with E-state index in [1.54, 1.807) is 18.5 Å². The summed E-state index contributed by atoms with van der Waals surface area (Å²) in [5.74, 6) is 0. The van der Waals surface area contributed by atoms with Gasteiger partial charge in [0.2, 0.25) is 0 Å². The summed E-state index contributed by atoms with van der Waals surface area (Å²) in [6.45, 7) is 0.220. The molecule has 0 aromatic carbocycles. The predicted molar refractivity (Wildman–Crippen MR) is 55.1 cm³/mol. The van der Waals surface area contributed by atoms with Crippen LogP contribution in [-0.2, 0) is 6.61 Å². The van der Waals surface area contributed by atoms with Crippen LogP contribution >= 0.6 is 11.3 Å². The molecule has 4 nitrogen and oxygen atoms in total. The van der Waals surface area contributed by atoms with Gasteiger partial charge in [0.1, 0.15) is 6.10 Å². The lowest BCUT2D eigenvalue weighted by molar-refractivity contribution is 0.0195. The summed E-state index contributed by atoms with van der Waals surface area (Å²) in [6, 6.07) is 1.72. The van der Waals surface area contributed by atoms with Crippen LogP contribution in [0, 0.1) is 0 Å². The van der Waals surface area contributed by atoms with E-state index in [2.05, 4.69) is 5.32 Å². The van der Waals surface area contributed by atoms with Crippen molar-refractivity contribution in [3.63, 3.8) is 0 Å². The van der Waals surface area contributed by atoms with Gasteiger partial charge in [0.25, 0.3) is 0 Å². The Bertz CT molecular complexity index is 277. The number of hydrogen-bond donors (Lipinski definition) is 4. The first kappa shape index (κ1) is 11.6. The summed E-state index contributed by atoms with van der Waals surface area (Å²) < 4.78 is 0. The van der Waals surface area contributed by atoms with E-state index in [0.29, 0.717) is 17.0 Å². The molecule has 1 aromatic rings. The number of nitrogens with one attached hydrogen (secondary N) is 1. The molecule has 0 saturated carbocycles. The summed E-state index contributed by atoms with van der Waals surface area (Å²) >= 11 is 1.37. The number of rotatable bonds is 5. The van der Waals surface area contributed by atoms with Crippen LogP contribution in [0.25, 0.3) is 0 Å². The minimum Gasteiger partial charge on any atom is -0.391 e. The van der Waals surface area contributed by atoms with Crippen LogP contribution in [0.1, 0.15) is 16.5 Å². The molecule has 80 valence electrons. The summed E-state index contributed by atoms with van der Waals surface area (Å²) in [5.41, 5.74) is 0.611. The fourth-order valence-electron chi connectivity index (χ4n) is 1.27. The molecule has 1 heterocycles. The third kappa shape index (κ3) is 2.52. The minimum absolute atomic E-state index is 0.101. The van der Waals surface area contributed by atoms with E-state index < -0.39 is 12.2 Å². The summed E-state index contributed by atoms with van der Waals surface area (Å²) in [6.07, 6.45) is -1.78. The molecule has 0 radical (unpaired) electrons. The second kappa shape index (κ2) is 5.43. The maximum atomic E-state index is 9.73. The monoisotopic (exact) mass is 217 g/mol. The number of thiophene rings is 1. The molecule has 0 saturated heterocycles. The molecular formula is C9H15NO3S. The highest BCUT2D eigenvalue weighted by atomic mass is 32.1. The summed E-state index contributed by atoms with van der Waals surface area (Å²) in [4.78, 5) is 0.702. The Morgan fingerprint density at radius 1 is 1.50 bits per heavy atom. The van der Waals surface area contributed by atoms with Gasteiger partial charge in [-0.25, -0.2) is 0 Å². The molecule has 2 atom stereocenters. The maximum absolute atomic E-state index is 9.73. The van der Waals surface area contributed by atoms with Gasteiger partial charge < -0.3 is 20.6 Å². The Hall–Kier alpha value is -0.460. The molecule has 0 bridgehead atoms. The van der Waals surface area contributed by atoms with E-state index in [1.165, 1.54) is 11.3 Å². The Labute approximate surface area is 86.8 Å². The molecule has 1 aromatic heterocycles. The molecule has 0 spiro atoms. The quantitative estimate of drug-likeness (QED) is 0.553. The third-order valence-electron chi connectivity index (χ3n) is 2.02. The van der Waals surface area contributed by atoms with E-state index in [0.717, 1.165) is 0 Å². The highest BCUT2D eigenvalue weighted by molar-refractivity contribution is 7.10. The topological polar surface area (TPSA) is 72.7 Å². The number of hydrogen-bond acceptors (Lipinski definition) is 5. The van der Waals surface area contributed by atoms with Crippen LogP contribution in [0.5, 0.6) is 0 Å². The van der Waals surface area contributed by atoms with Crippen LogP contribution in [0.3, 0.4) is 0 Å². The molecule has 0 fully saturated rings. The van der Waals surface area contributed by atoms with Gasteiger partial charge in [-0.15, -0.1) is 11.3 Å². The molecular weight excluding hydrogens is 202 g/mol. The van der Waals surface area contributed by atoms with Gasteiger partial charge in [0.15, 0.2) is 0 Å². The van der Waals surface area contributed by atoms with Gasteiger partial charge in [0.05, 0.1) is 12.7 Å². The highest BCUT2D eigenvalue weighted by Crippen LogP contribution is 2.25. The molecule has 1 rings (SSSR count). The fourth-order valence-corrected chi connectivity index (χ4v) is 2.05. The van der Waals surface area contributed by atoms with Gasteiger partial charge in [0, 0.05) is 11.4 Å². The summed E-state index contributed by atoms with van der Waals surface area (Å²) in [5, 5.41) is 32.8. The average molecular weight is 217 g/mol. The fraction of sp³-hybridized carbons (Fsp3) is 0.556. The van der Waals surface area contributed by atoms with Crippen LogP contribution in [0.4, 0.5) is 0 Å². The lowest BCUT2D eigenvalue weighted by Gasteiger charge is -2.17. The van der Waals surface area contributed by atoms with E-state index >= 15 is 0 Å². The Morgan fingerprint density at radius 3 is 2.79 bits per heavy atom.